The van der Waals surface area contributed by atoms with Gasteiger partial charge in [-0.1, -0.05) is 134 Å². The van der Waals surface area contributed by atoms with Crippen molar-refractivity contribution in [2.24, 2.45) is 0 Å². The average Bonchev–Trinajstić information content (AvgIpc) is 4.00. The first-order chi connectivity index (χ1) is 31.1. The predicted octanol–water partition coefficient (Wildman–Crippen LogP) is 15.0. The average molecular weight is 841 g/mol. The molecule has 0 bridgehead atoms. The van der Waals surface area contributed by atoms with Crippen molar-refractivity contribution in [2.75, 3.05) is 4.81 Å². The molecule has 3 aliphatic rings. The number of furan rings is 2. The fourth-order valence-electron chi connectivity index (χ4n) is 12.2. The van der Waals surface area contributed by atoms with Crippen LogP contribution in [0.25, 0.3) is 93.6 Å². The van der Waals surface area contributed by atoms with E-state index in [1.807, 2.05) is 0 Å². The number of fused-ring (bicyclic) bond motifs is 17. The van der Waals surface area contributed by atoms with Gasteiger partial charge in [0.2, 0.25) is 0 Å². The van der Waals surface area contributed by atoms with Gasteiger partial charge in [-0.05, 0) is 122 Å². The molecular formula is C60H49BN2O2. The molecule has 3 aromatic heterocycles. The van der Waals surface area contributed by atoms with Gasteiger partial charge in [-0.2, -0.15) is 0 Å². The molecule has 5 heteroatoms. The zero-order valence-corrected chi connectivity index (χ0v) is 38.5. The third-order valence-electron chi connectivity index (χ3n) is 15.6. The van der Waals surface area contributed by atoms with Gasteiger partial charge in [0.1, 0.15) is 22.3 Å². The standard InChI is InChI=1S/C60H49BN2O2/c1-32-24-43-40-29-53-42(38-23-20-34(59(5,6)7)25-52(38)65-53)28-49(40)63(35-21-18-33(19-22-35)58(2,3)4)61-47-30-46-39(36-14-10-12-16-45(36)60(46,8)9)27-50(47)62-48-31-54-41(37-15-11-13-17-51(37)64-54)26-44(48)55(32)57(62)56(43)61/h10-31H,1-9H3. The SMILES string of the molecule is Cc1cc2c3c4c1c1cc5c(cc1n4-c1cc4c(cc1B3N(c1ccc(C(C)(C)C)cc1)c1cc3c(cc1-2)oc1cc(C(C)(C)C)ccc13)C(C)(C)c1ccccc1-4)oc1ccccc15. The van der Waals surface area contributed by atoms with Crippen LogP contribution in [0.4, 0.5) is 11.4 Å². The first-order valence-electron chi connectivity index (χ1n) is 23.3. The fourth-order valence-corrected chi connectivity index (χ4v) is 12.2. The molecular weight excluding hydrogens is 791 g/mol. The molecule has 65 heavy (non-hydrogen) atoms. The predicted molar refractivity (Wildman–Crippen MR) is 274 cm³/mol. The zero-order chi connectivity index (χ0) is 44.2. The summed E-state index contributed by atoms with van der Waals surface area (Å²) < 4.78 is 16.2. The number of hydrogen-bond donors (Lipinski definition) is 0. The van der Waals surface area contributed by atoms with Crippen LogP contribution in [0, 0.1) is 6.92 Å². The van der Waals surface area contributed by atoms with Crippen molar-refractivity contribution >= 4 is 94.8 Å². The quantitative estimate of drug-likeness (QED) is 0.154. The normalized spacial score (nSPS) is 14.9. The molecule has 314 valence electrons. The van der Waals surface area contributed by atoms with Crippen molar-refractivity contribution in [1.29, 1.82) is 0 Å². The Morgan fingerprint density at radius 3 is 1.98 bits per heavy atom. The number of rotatable bonds is 1. The van der Waals surface area contributed by atoms with Crippen LogP contribution >= 0.6 is 0 Å². The van der Waals surface area contributed by atoms with Crippen LogP contribution in [0.3, 0.4) is 0 Å². The summed E-state index contributed by atoms with van der Waals surface area (Å²) in [4.78, 5) is 2.67. The third-order valence-corrected chi connectivity index (χ3v) is 15.6. The highest BCUT2D eigenvalue weighted by molar-refractivity contribution is 6.93. The molecule has 4 nitrogen and oxygen atoms in total. The molecule has 0 fully saturated rings. The van der Waals surface area contributed by atoms with Crippen molar-refractivity contribution < 1.29 is 8.83 Å². The van der Waals surface area contributed by atoms with E-state index in [4.69, 9.17) is 8.83 Å². The molecule has 0 spiro atoms. The second-order valence-electron chi connectivity index (χ2n) is 21.8. The smallest absolute Gasteiger partial charge is 0.333 e. The molecule has 1 aliphatic carbocycles. The monoisotopic (exact) mass is 840 g/mol. The topological polar surface area (TPSA) is 34.5 Å². The first kappa shape index (κ1) is 37.4. The summed E-state index contributed by atoms with van der Waals surface area (Å²) in [7, 11) is 0. The van der Waals surface area contributed by atoms with E-state index in [2.05, 4.69) is 205 Å². The van der Waals surface area contributed by atoms with Gasteiger partial charge in [-0.15, -0.1) is 0 Å². The Morgan fingerprint density at radius 1 is 0.508 bits per heavy atom. The summed E-state index contributed by atoms with van der Waals surface area (Å²) in [6, 6.07) is 50.8. The fraction of sp³-hybridized carbons (Fsp3) is 0.200. The lowest BCUT2D eigenvalue weighted by Gasteiger charge is -2.42. The summed E-state index contributed by atoms with van der Waals surface area (Å²) >= 11 is 0. The minimum absolute atomic E-state index is 0.00431. The zero-order valence-electron chi connectivity index (χ0n) is 38.5. The maximum absolute atomic E-state index is 6.89. The Hall–Kier alpha value is -6.98. The van der Waals surface area contributed by atoms with Crippen LogP contribution in [0.1, 0.15) is 83.2 Å². The summed E-state index contributed by atoms with van der Waals surface area (Å²) in [6.07, 6.45) is 0. The van der Waals surface area contributed by atoms with Crippen molar-refractivity contribution in [1.82, 2.24) is 4.57 Å². The van der Waals surface area contributed by atoms with E-state index in [0.29, 0.717) is 0 Å². The first-order valence-corrected chi connectivity index (χ1v) is 23.3. The van der Waals surface area contributed by atoms with Crippen LogP contribution in [0.5, 0.6) is 0 Å². The van der Waals surface area contributed by atoms with Crippen molar-refractivity contribution in [3.8, 4) is 27.9 Å². The molecule has 5 heterocycles. The molecule has 0 saturated carbocycles. The van der Waals surface area contributed by atoms with Gasteiger partial charge >= 0.3 is 6.85 Å². The van der Waals surface area contributed by atoms with E-state index in [1.165, 1.54) is 99.9 Å². The summed E-state index contributed by atoms with van der Waals surface area (Å²) in [5.74, 6) is 0. The lowest BCUT2D eigenvalue weighted by Crippen LogP contribution is -2.60. The summed E-state index contributed by atoms with van der Waals surface area (Å²) in [5, 5.41) is 7.14. The number of anilines is 2. The van der Waals surface area contributed by atoms with Gasteiger partial charge in [-0.25, -0.2) is 0 Å². The highest BCUT2D eigenvalue weighted by Crippen LogP contribution is 2.53. The molecule has 0 radical (unpaired) electrons. The van der Waals surface area contributed by atoms with E-state index in [0.717, 1.165) is 43.9 Å². The second kappa shape index (κ2) is 12.0. The van der Waals surface area contributed by atoms with Gasteiger partial charge in [0, 0.05) is 66.4 Å². The largest absolute Gasteiger partial charge is 0.456 e. The van der Waals surface area contributed by atoms with Gasteiger partial charge in [0.25, 0.3) is 0 Å². The maximum Gasteiger partial charge on any atom is 0.333 e. The number of nitrogens with zero attached hydrogens (tertiary/aromatic N) is 2. The Bertz CT molecular complexity index is 3950. The van der Waals surface area contributed by atoms with E-state index in [1.54, 1.807) is 0 Å². The van der Waals surface area contributed by atoms with Gasteiger partial charge < -0.3 is 18.2 Å². The van der Waals surface area contributed by atoms with Gasteiger partial charge in [-0.3, -0.25) is 0 Å². The molecule has 11 aromatic rings. The highest BCUT2D eigenvalue weighted by atomic mass is 16.3. The molecule has 0 unspecified atom stereocenters. The molecule has 8 aromatic carbocycles. The minimum Gasteiger partial charge on any atom is -0.456 e. The van der Waals surface area contributed by atoms with Crippen LogP contribution < -0.4 is 15.7 Å². The van der Waals surface area contributed by atoms with E-state index >= 15 is 0 Å². The Kier molecular flexibility index (Phi) is 6.92. The van der Waals surface area contributed by atoms with Crippen molar-refractivity contribution in [3.05, 3.63) is 161 Å². The van der Waals surface area contributed by atoms with Gasteiger partial charge in [0.15, 0.2) is 0 Å². The summed E-state index contributed by atoms with van der Waals surface area (Å²) in [5.41, 5.74) is 23.9. The number of benzene rings is 8. The maximum atomic E-state index is 6.89. The molecule has 0 saturated heterocycles. The molecule has 0 N–H and O–H groups in total. The number of aromatic nitrogens is 1. The highest BCUT2D eigenvalue weighted by Gasteiger charge is 2.47. The van der Waals surface area contributed by atoms with Crippen molar-refractivity contribution in [3.63, 3.8) is 0 Å². The van der Waals surface area contributed by atoms with Crippen LogP contribution in [0.2, 0.25) is 0 Å². The lowest BCUT2D eigenvalue weighted by atomic mass is 9.43. The number of para-hydroxylation sites is 1. The van der Waals surface area contributed by atoms with Crippen LogP contribution in [-0.2, 0) is 16.2 Å². The molecule has 14 rings (SSSR count). The molecule has 0 amide bonds. The number of aryl methyl sites for hydroxylation is 1. The van der Waals surface area contributed by atoms with E-state index < -0.39 is 0 Å². The minimum atomic E-state index is -0.175. The molecule has 0 atom stereocenters. The molecule has 2 aliphatic heterocycles. The van der Waals surface area contributed by atoms with E-state index in [9.17, 15) is 0 Å². The number of hydrogen-bond acceptors (Lipinski definition) is 3. The van der Waals surface area contributed by atoms with E-state index in [-0.39, 0.29) is 23.1 Å². The van der Waals surface area contributed by atoms with Crippen LogP contribution in [-0.4, -0.2) is 11.4 Å². The lowest BCUT2D eigenvalue weighted by molar-refractivity contribution is 0.587. The third kappa shape index (κ3) is 4.78. The Balaban J connectivity index is 1.16. The van der Waals surface area contributed by atoms with Crippen LogP contribution in [0.15, 0.2) is 142 Å². The second-order valence-corrected chi connectivity index (χ2v) is 21.8. The van der Waals surface area contributed by atoms with Crippen molar-refractivity contribution in [2.45, 2.75) is 78.6 Å². The summed E-state index contributed by atoms with van der Waals surface area (Å²) in [6.45, 7) is 20.7. The van der Waals surface area contributed by atoms with Gasteiger partial charge in [0.05, 0.1) is 11.0 Å². The Labute approximate surface area is 379 Å². The Morgan fingerprint density at radius 2 is 1.18 bits per heavy atom.